The Morgan fingerprint density at radius 2 is 2.53 bits per heavy atom. The van der Waals surface area contributed by atoms with Gasteiger partial charge in [0.1, 0.15) is 0 Å². The summed E-state index contributed by atoms with van der Waals surface area (Å²) < 4.78 is 5.39. The van der Waals surface area contributed by atoms with E-state index >= 15 is 0 Å². The van der Waals surface area contributed by atoms with Gasteiger partial charge in [-0.25, -0.2) is 9.78 Å². The van der Waals surface area contributed by atoms with Crippen molar-refractivity contribution in [1.29, 1.82) is 0 Å². The van der Waals surface area contributed by atoms with Crippen LogP contribution in [0.1, 0.15) is 28.2 Å². The first-order chi connectivity index (χ1) is 8.16. The number of hydrogen-bond acceptors (Lipinski definition) is 5. The van der Waals surface area contributed by atoms with Gasteiger partial charge in [-0.2, -0.15) is 0 Å². The summed E-state index contributed by atoms with van der Waals surface area (Å²) in [6.45, 7) is 4.21. The molecule has 0 bridgehead atoms. The minimum Gasteiger partial charge on any atom is -0.476 e. The SMILES string of the molecule is Cc1sc(NCC2CCCOC2)nc1C(=O)O. The Hall–Kier alpha value is -1.14. The van der Waals surface area contributed by atoms with E-state index in [1.165, 1.54) is 11.3 Å². The summed E-state index contributed by atoms with van der Waals surface area (Å²) >= 11 is 1.39. The molecule has 0 radical (unpaired) electrons. The van der Waals surface area contributed by atoms with E-state index in [4.69, 9.17) is 9.84 Å². The first kappa shape index (κ1) is 12.3. The van der Waals surface area contributed by atoms with Crippen molar-refractivity contribution in [3.8, 4) is 0 Å². The van der Waals surface area contributed by atoms with Crippen LogP contribution in [-0.2, 0) is 4.74 Å². The Morgan fingerprint density at radius 1 is 1.71 bits per heavy atom. The number of aromatic carboxylic acids is 1. The molecule has 0 aromatic carbocycles. The van der Waals surface area contributed by atoms with Crippen molar-refractivity contribution in [2.45, 2.75) is 19.8 Å². The molecule has 5 nitrogen and oxygen atoms in total. The summed E-state index contributed by atoms with van der Waals surface area (Å²) in [5.74, 6) is -0.464. The second-order valence-electron chi connectivity index (χ2n) is 4.19. The number of anilines is 1. The van der Waals surface area contributed by atoms with Crippen molar-refractivity contribution in [2.24, 2.45) is 5.92 Å². The van der Waals surface area contributed by atoms with Gasteiger partial charge in [0.25, 0.3) is 0 Å². The zero-order valence-electron chi connectivity index (χ0n) is 9.73. The predicted octanol–water partition coefficient (Wildman–Crippen LogP) is 1.99. The number of nitrogens with one attached hydrogen (secondary N) is 1. The highest BCUT2D eigenvalue weighted by Gasteiger charge is 2.16. The minimum atomic E-state index is -0.965. The molecular weight excluding hydrogens is 240 g/mol. The van der Waals surface area contributed by atoms with Crippen LogP contribution < -0.4 is 5.32 Å². The Morgan fingerprint density at radius 3 is 3.12 bits per heavy atom. The van der Waals surface area contributed by atoms with E-state index in [1.54, 1.807) is 6.92 Å². The lowest BCUT2D eigenvalue weighted by molar-refractivity contribution is 0.0595. The summed E-state index contributed by atoms with van der Waals surface area (Å²) in [7, 11) is 0. The number of aromatic nitrogens is 1. The number of thiazole rings is 1. The molecule has 94 valence electrons. The molecule has 1 unspecified atom stereocenters. The molecule has 0 amide bonds. The molecule has 17 heavy (non-hydrogen) atoms. The van der Waals surface area contributed by atoms with E-state index in [-0.39, 0.29) is 5.69 Å². The van der Waals surface area contributed by atoms with Crippen LogP contribution >= 0.6 is 11.3 Å². The highest BCUT2D eigenvalue weighted by molar-refractivity contribution is 7.15. The first-order valence-electron chi connectivity index (χ1n) is 5.69. The minimum absolute atomic E-state index is 0.150. The number of rotatable bonds is 4. The smallest absolute Gasteiger partial charge is 0.355 e. The molecular formula is C11H16N2O3S. The maximum atomic E-state index is 10.8. The molecule has 2 N–H and O–H groups in total. The number of hydrogen-bond donors (Lipinski definition) is 2. The van der Waals surface area contributed by atoms with Crippen molar-refractivity contribution in [3.05, 3.63) is 10.6 Å². The van der Waals surface area contributed by atoms with Gasteiger partial charge in [-0.3, -0.25) is 0 Å². The number of carboxylic acids is 1. The van der Waals surface area contributed by atoms with Gasteiger partial charge in [-0.1, -0.05) is 0 Å². The fourth-order valence-electron chi connectivity index (χ4n) is 1.87. The van der Waals surface area contributed by atoms with E-state index in [0.29, 0.717) is 11.0 Å². The van der Waals surface area contributed by atoms with Gasteiger partial charge >= 0.3 is 5.97 Å². The Kier molecular flexibility index (Phi) is 3.96. The van der Waals surface area contributed by atoms with Gasteiger partial charge in [0.05, 0.1) is 6.61 Å². The van der Waals surface area contributed by atoms with Gasteiger partial charge in [-0.05, 0) is 25.7 Å². The number of carbonyl (C=O) groups is 1. The third-order valence-corrected chi connectivity index (χ3v) is 3.72. The van der Waals surface area contributed by atoms with Crippen molar-refractivity contribution in [1.82, 2.24) is 4.98 Å². The van der Waals surface area contributed by atoms with Gasteiger partial charge in [0, 0.05) is 18.0 Å². The van der Waals surface area contributed by atoms with Crippen LogP contribution in [-0.4, -0.2) is 35.8 Å². The number of aryl methyl sites for hydroxylation is 1. The predicted molar refractivity (Wildman–Crippen MR) is 65.8 cm³/mol. The van der Waals surface area contributed by atoms with Crippen LogP contribution in [0.15, 0.2) is 0 Å². The molecule has 6 heteroatoms. The maximum absolute atomic E-state index is 10.8. The molecule has 1 aromatic rings. The molecule has 1 fully saturated rings. The fraction of sp³-hybridized carbons (Fsp3) is 0.636. The van der Waals surface area contributed by atoms with Crippen molar-refractivity contribution in [3.63, 3.8) is 0 Å². The van der Waals surface area contributed by atoms with Crippen LogP contribution in [0, 0.1) is 12.8 Å². The summed E-state index contributed by atoms with van der Waals surface area (Å²) in [4.78, 5) is 15.6. The number of nitrogens with zero attached hydrogens (tertiary/aromatic N) is 1. The zero-order chi connectivity index (χ0) is 12.3. The summed E-state index contributed by atoms with van der Waals surface area (Å²) in [6, 6.07) is 0. The Labute approximate surface area is 104 Å². The van der Waals surface area contributed by atoms with E-state index in [1.807, 2.05) is 0 Å². The van der Waals surface area contributed by atoms with E-state index in [0.717, 1.165) is 37.5 Å². The molecule has 2 heterocycles. The van der Waals surface area contributed by atoms with E-state index in [2.05, 4.69) is 10.3 Å². The van der Waals surface area contributed by atoms with Gasteiger partial charge in [0.15, 0.2) is 10.8 Å². The Bertz CT molecular complexity index is 399. The fourth-order valence-corrected chi connectivity index (χ4v) is 2.68. The van der Waals surface area contributed by atoms with Crippen molar-refractivity contribution in [2.75, 3.05) is 25.1 Å². The number of ether oxygens (including phenoxy) is 1. The average molecular weight is 256 g/mol. The molecule has 0 saturated carbocycles. The standard InChI is InChI=1S/C11H16N2O3S/c1-7-9(10(14)15)13-11(17-7)12-5-8-3-2-4-16-6-8/h8H,2-6H2,1H3,(H,12,13)(H,14,15). The van der Waals surface area contributed by atoms with E-state index < -0.39 is 5.97 Å². The molecule has 1 aliphatic heterocycles. The lowest BCUT2D eigenvalue weighted by Crippen LogP contribution is -2.24. The molecule has 0 spiro atoms. The highest BCUT2D eigenvalue weighted by atomic mass is 32.1. The van der Waals surface area contributed by atoms with Crippen LogP contribution in [0.5, 0.6) is 0 Å². The second kappa shape index (κ2) is 5.46. The summed E-state index contributed by atoms with van der Waals surface area (Å²) in [6.07, 6.45) is 2.26. The Balaban J connectivity index is 1.90. The molecule has 1 aromatic heterocycles. The summed E-state index contributed by atoms with van der Waals surface area (Å²) in [5.41, 5.74) is 0.150. The molecule has 1 aliphatic rings. The molecule has 1 saturated heterocycles. The molecule has 1 atom stereocenters. The van der Waals surface area contributed by atoms with Crippen LogP contribution in [0.25, 0.3) is 0 Å². The lowest BCUT2D eigenvalue weighted by atomic mass is 10.0. The first-order valence-corrected chi connectivity index (χ1v) is 6.51. The lowest BCUT2D eigenvalue weighted by Gasteiger charge is -2.21. The van der Waals surface area contributed by atoms with Gasteiger partial charge in [-0.15, -0.1) is 11.3 Å². The van der Waals surface area contributed by atoms with Crippen LogP contribution in [0.3, 0.4) is 0 Å². The molecule has 2 rings (SSSR count). The van der Waals surface area contributed by atoms with E-state index in [9.17, 15) is 4.79 Å². The quantitative estimate of drug-likeness (QED) is 0.862. The van der Waals surface area contributed by atoms with Gasteiger partial charge < -0.3 is 15.2 Å². The largest absolute Gasteiger partial charge is 0.476 e. The van der Waals surface area contributed by atoms with Crippen molar-refractivity contribution < 1.29 is 14.6 Å². The topological polar surface area (TPSA) is 71.5 Å². The van der Waals surface area contributed by atoms with Gasteiger partial charge in [0.2, 0.25) is 0 Å². The third-order valence-electron chi connectivity index (χ3n) is 2.80. The molecule has 0 aliphatic carbocycles. The third kappa shape index (κ3) is 3.17. The zero-order valence-corrected chi connectivity index (χ0v) is 10.5. The highest BCUT2D eigenvalue weighted by Crippen LogP contribution is 2.23. The normalized spacial score (nSPS) is 20.2. The second-order valence-corrected chi connectivity index (χ2v) is 5.40. The average Bonchev–Trinajstić information content (AvgIpc) is 2.69. The maximum Gasteiger partial charge on any atom is 0.355 e. The van der Waals surface area contributed by atoms with Crippen molar-refractivity contribution >= 4 is 22.4 Å². The van der Waals surface area contributed by atoms with Crippen LogP contribution in [0.4, 0.5) is 5.13 Å². The monoisotopic (exact) mass is 256 g/mol. The summed E-state index contributed by atoms with van der Waals surface area (Å²) in [5, 5.41) is 12.8. The number of carboxylic acid groups (broad SMARTS) is 1. The van der Waals surface area contributed by atoms with Crippen LogP contribution in [0.2, 0.25) is 0 Å².